The van der Waals surface area contributed by atoms with E-state index in [9.17, 15) is 19.8 Å². The highest BCUT2D eigenvalue weighted by Gasteiger charge is 2.48. The zero-order chi connectivity index (χ0) is 28.5. The smallest absolute Gasteiger partial charge is 0.303 e. The molecule has 0 saturated carbocycles. The highest BCUT2D eigenvalue weighted by Crippen LogP contribution is 2.31. The molecule has 0 aromatic rings. The molecule has 0 amide bonds. The van der Waals surface area contributed by atoms with Crippen molar-refractivity contribution in [2.75, 3.05) is 6.61 Å². The SMILES string of the molecule is CC(=O)OCC1OC(OC(C)(C)CCC=C(C)[C@@H]2CC=C(C)CCC=C(C)CC2)C(O)C(O)C1OC(C)=O. The van der Waals surface area contributed by atoms with Gasteiger partial charge in [-0.05, 0) is 85.5 Å². The topological polar surface area (TPSA) is 112 Å². The van der Waals surface area contributed by atoms with Gasteiger partial charge in [0.2, 0.25) is 0 Å². The molecular weight excluding hydrogens is 488 g/mol. The molecule has 1 aliphatic heterocycles. The number of carbonyl (C=O) groups excluding carboxylic acids is 2. The second-order valence-electron chi connectivity index (χ2n) is 11.4. The van der Waals surface area contributed by atoms with Crippen LogP contribution in [0, 0.1) is 5.92 Å². The molecule has 1 fully saturated rings. The van der Waals surface area contributed by atoms with E-state index in [2.05, 4.69) is 39.0 Å². The van der Waals surface area contributed by atoms with Crippen molar-refractivity contribution in [1.82, 2.24) is 0 Å². The zero-order valence-electron chi connectivity index (χ0n) is 24.2. The van der Waals surface area contributed by atoms with E-state index in [0.717, 1.165) is 38.5 Å². The van der Waals surface area contributed by atoms with Gasteiger partial charge in [0.05, 0.1) is 5.60 Å². The van der Waals surface area contributed by atoms with E-state index in [1.54, 1.807) is 0 Å². The third-order valence-corrected chi connectivity index (χ3v) is 7.35. The van der Waals surface area contributed by atoms with Crippen LogP contribution < -0.4 is 0 Å². The second-order valence-corrected chi connectivity index (χ2v) is 11.4. The lowest BCUT2D eigenvalue weighted by molar-refractivity contribution is -0.325. The average Bonchev–Trinajstić information content (AvgIpc) is 2.82. The zero-order valence-corrected chi connectivity index (χ0v) is 24.2. The normalized spacial score (nSPS) is 29.7. The molecule has 0 aromatic heterocycles. The largest absolute Gasteiger partial charge is 0.463 e. The van der Waals surface area contributed by atoms with Crippen molar-refractivity contribution in [2.24, 2.45) is 5.92 Å². The van der Waals surface area contributed by atoms with Gasteiger partial charge in [0, 0.05) is 13.8 Å². The van der Waals surface area contributed by atoms with Crippen molar-refractivity contribution in [2.45, 2.75) is 130 Å². The fourth-order valence-electron chi connectivity index (χ4n) is 4.89. The Kier molecular flexibility index (Phi) is 12.7. The molecule has 2 aliphatic rings. The van der Waals surface area contributed by atoms with Crippen molar-refractivity contribution in [3.63, 3.8) is 0 Å². The Morgan fingerprint density at radius 1 is 1.05 bits per heavy atom. The summed E-state index contributed by atoms with van der Waals surface area (Å²) in [5.41, 5.74) is 3.59. The quantitative estimate of drug-likeness (QED) is 0.315. The monoisotopic (exact) mass is 536 g/mol. The van der Waals surface area contributed by atoms with E-state index in [0.29, 0.717) is 12.3 Å². The molecule has 2 rings (SSSR count). The Balaban J connectivity index is 2.02. The van der Waals surface area contributed by atoms with Gasteiger partial charge >= 0.3 is 11.9 Å². The van der Waals surface area contributed by atoms with E-state index < -0.39 is 48.2 Å². The summed E-state index contributed by atoms with van der Waals surface area (Å²) in [6.07, 6.45) is 7.73. The van der Waals surface area contributed by atoms with E-state index in [1.165, 1.54) is 30.6 Å². The van der Waals surface area contributed by atoms with Crippen molar-refractivity contribution in [1.29, 1.82) is 0 Å². The van der Waals surface area contributed by atoms with E-state index in [1.807, 2.05) is 13.8 Å². The first-order chi connectivity index (χ1) is 17.8. The summed E-state index contributed by atoms with van der Waals surface area (Å²) < 4.78 is 22.1. The maximum absolute atomic E-state index is 11.5. The van der Waals surface area contributed by atoms with Crippen LogP contribution in [0.15, 0.2) is 34.9 Å². The minimum Gasteiger partial charge on any atom is -0.463 e. The molecule has 216 valence electrons. The molecule has 6 atom stereocenters. The van der Waals surface area contributed by atoms with Crippen LogP contribution in [0.25, 0.3) is 0 Å². The highest BCUT2D eigenvalue weighted by atomic mass is 16.7. The molecule has 2 N–H and O–H groups in total. The first-order valence-corrected chi connectivity index (χ1v) is 13.8. The fraction of sp³-hybridized carbons (Fsp3) is 0.733. The number of esters is 2. The number of allylic oxidation sites excluding steroid dienone is 6. The molecule has 0 aromatic carbocycles. The minimum atomic E-state index is -1.46. The van der Waals surface area contributed by atoms with Gasteiger partial charge in [0.1, 0.15) is 24.9 Å². The standard InChI is InChI=1S/C30H48O8/c1-19-10-8-11-20(2)14-16-24(15-13-19)21(3)12-9-17-30(6,7)38-29-27(34)26(33)28(36-23(5)32)25(37-29)18-35-22(4)31/h10,12,14,24-29,33-34H,8-9,11,13,15-18H2,1-7H3/t24-,25?,26?,27?,28?,29?/m0/s1. The van der Waals surface area contributed by atoms with Crippen molar-refractivity contribution < 1.29 is 38.7 Å². The van der Waals surface area contributed by atoms with Crippen molar-refractivity contribution in [3.8, 4) is 0 Å². The van der Waals surface area contributed by atoms with Crippen LogP contribution in [0.5, 0.6) is 0 Å². The molecule has 5 unspecified atom stereocenters. The first-order valence-electron chi connectivity index (χ1n) is 13.8. The van der Waals surface area contributed by atoms with Gasteiger partial charge in [-0.3, -0.25) is 9.59 Å². The summed E-state index contributed by atoms with van der Waals surface area (Å²) in [4.78, 5) is 22.8. The van der Waals surface area contributed by atoms with Crippen molar-refractivity contribution >= 4 is 11.9 Å². The van der Waals surface area contributed by atoms with Crippen LogP contribution in [0.2, 0.25) is 0 Å². The van der Waals surface area contributed by atoms with Gasteiger partial charge in [0.25, 0.3) is 0 Å². The number of rotatable bonds is 9. The minimum absolute atomic E-state index is 0.247. The summed E-state index contributed by atoms with van der Waals surface area (Å²) in [6, 6.07) is 0. The van der Waals surface area contributed by atoms with Crippen LogP contribution >= 0.6 is 0 Å². The lowest BCUT2D eigenvalue weighted by Gasteiger charge is -2.43. The van der Waals surface area contributed by atoms with Gasteiger partial charge < -0.3 is 29.2 Å². The molecule has 0 radical (unpaired) electrons. The Morgan fingerprint density at radius 3 is 2.39 bits per heavy atom. The number of hydrogen-bond donors (Lipinski definition) is 2. The summed E-state index contributed by atoms with van der Waals surface area (Å²) in [6.45, 7) is 12.6. The maximum Gasteiger partial charge on any atom is 0.303 e. The highest BCUT2D eigenvalue weighted by molar-refractivity contribution is 5.66. The number of carbonyl (C=O) groups is 2. The predicted molar refractivity (Wildman–Crippen MR) is 145 cm³/mol. The molecule has 0 spiro atoms. The Bertz CT molecular complexity index is 887. The third kappa shape index (κ3) is 10.6. The van der Waals surface area contributed by atoms with E-state index >= 15 is 0 Å². The molecule has 8 heteroatoms. The third-order valence-electron chi connectivity index (χ3n) is 7.35. The van der Waals surface area contributed by atoms with Gasteiger partial charge in [-0.25, -0.2) is 0 Å². The van der Waals surface area contributed by atoms with Crippen molar-refractivity contribution in [3.05, 3.63) is 34.9 Å². The summed E-state index contributed by atoms with van der Waals surface area (Å²) in [7, 11) is 0. The molecular formula is C30H48O8. The Hall–Kier alpha value is -2.00. The molecule has 1 aliphatic carbocycles. The van der Waals surface area contributed by atoms with Gasteiger partial charge in [-0.15, -0.1) is 0 Å². The first kappa shape index (κ1) is 32.2. The average molecular weight is 537 g/mol. The van der Waals surface area contributed by atoms with Crippen LogP contribution in [0.1, 0.15) is 93.4 Å². The van der Waals surface area contributed by atoms with Gasteiger partial charge in [0.15, 0.2) is 12.4 Å². The van der Waals surface area contributed by atoms with Crippen LogP contribution in [0.4, 0.5) is 0 Å². The van der Waals surface area contributed by atoms with E-state index in [-0.39, 0.29) is 6.61 Å². The predicted octanol–water partition coefficient (Wildman–Crippen LogP) is 4.92. The number of hydrogen-bond acceptors (Lipinski definition) is 8. The molecule has 38 heavy (non-hydrogen) atoms. The van der Waals surface area contributed by atoms with Crippen LogP contribution in [-0.4, -0.2) is 65.1 Å². The number of ether oxygens (including phenoxy) is 4. The lowest BCUT2D eigenvalue weighted by Crippen LogP contribution is -2.61. The number of aliphatic hydroxyl groups excluding tert-OH is 2. The molecule has 8 nitrogen and oxygen atoms in total. The Labute approximate surface area is 228 Å². The second kappa shape index (κ2) is 15.0. The van der Waals surface area contributed by atoms with Crippen LogP contribution in [-0.2, 0) is 28.5 Å². The van der Waals surface area contributed by atoms with Gasteiger partial charge in [-0.1, -0.05) is 34.9 Å². The van der Waals surface area contributed by atoms with Crippen LogP contribution in [0.3, 0.4) is 0 Å². The Morgan fingerprint density at radius 2 is 1.74 bits per heavy atom. The van der Waals surface area contributed by atoms with Gasteiger partial charge in [-0.2, -0.15) is 0 Å². The lowest BCUT2D eigenvalue weighted by atomic mass is 9.87. The van der Waals surface area contributed by atoms with E-state index in [4.69, 9.17) is 18.9 Å². The maximum atomic E-state index is 11.5. The fourth-order valence-corrected chi connectivity index (χ4v) is 4.89. The summed E-state index contributed by atoms with van der Waals surface area (Å²) in [5, 5.41) is 21.3. The molecule has 1 heterocycles. The molecule has 0 bridgehead atoms. The summed E-state index contributed by atoms with van der Waals surface area (Å²) >= 11 is 0. The summed E-state index contributed by atoms with van der Waals surface area (Å²) in [5.74, 6) is -0.691. The number of aliphatic hydroxyl groups is 2. The molecule has 1 saturated heterocycles.